The molecule has 0 radical (unpaired) electrons. The van der Waals surface area contributed by atoms with E-state index in [4.69, 9.17) is 0 Å². The Balaban J connectivity index is 2.46. The third-order valence-electron chi connectivity index (χ3n) is 1.72. The van der Waals surface area contributed by atoms with E-state index in [-0.39, 0.29) is 5.82 Å². The van der Waals surface area contributed by atoms with Crippen molar-refractivity contribution >= 4 is 17.6 Å². The van der Waals surface area contributed by atoms with Crippen molar-refractivity contribution in [2.24, 2.45) is 0 Å². The largest absolute Gasteiger partial charge is 0.269 e. The number of carbonyl (C=O) groups excluding carboxylic acids is 2. The Bertz CT molecular complexity index is 423. The summed E-state index contributed by atoms with van der Waals surface area (Å²) >= 11 is 0. The normalized spacial score (nSPS) is 15.4. The Morgan fingerprint density at radius 2 is 1.64 bits per heavy atom. The number of nitrogens with zero attached hydrogens (tertiary/aromatic N) is 5. The lowest BCUT2D eigenvalue weighted by atomic mass is 10.4. The molecule has 0 spiro atoms. The van der Waals surface area contributed by atoms with Crippen LogP contribution in [0.1, 0.15) is 5.69 Å². The van der Waals surface area contributed by atoms with Gasteiger partial charge in [0, 0.05) is 12.2 Å². The maximum atomic E-state index is 11.2. The fraction of sp³-hybridized carbons (Fsp3) is 0.143. The number of aryl methyl sites for hydroxylation is 1. The van der Waals surface area contributed by atoms with Crippen LogP contribution in [0.5, 0.6) is 0 Å². The van der Waals surface area contributed by atoms with Gasteiger partial charge >= 0.3 is 0 Å². The molecule has 0 aliphatic carbocycles. The van der Waals surface area contributed by atoms with E-state index in [1.165, 1.54) is 12.2 Å². The third kappa shape index (κ3) is 1.15. The molecule has 0 bridgehead atoms. The summed E-state index contributed by atoms with van der Waals surface area (Å²) in [5, 5.41) is 13.7. The Hall–Kier alpha value is -2.18. The molecule has 14 heavy (non-hydrogen) atoms. The van der Waals surface area contributed by atoms with Gasteiger partial charge in [0.2, 0.25) is 0 Å². The smallest absolute Gasteiger partial charge is 0.259 e. The zero-order chi connectivity index (χ0) is 10.1. The van der Waals surface area contributed by atoms with Gasteiger partial charge < -0.3 is 0 Å². The highest BCUT2D eigenvalue weighted by molar-refractivity contribution is 6.27. The average Bonchev–Trinajstić information content (AvgIpc) is 2.48. The molecule has 2 heterocycles. The van der Waals surface area contributed by atoms with Crippen LogP contribution in [-0.2, 0) is 9.59 Å². The summed E-state index contributed by atoms with van der Waals surface area (Å²) in [6.45, 7) is 1.59. The van der Waals surface area contributed by atoms with Crippen molar-refractivity contribution < 1.29 is 9.59 Å². The van der Waals surface area contributed by atoms with Gasteiger partial charge in [-0.25, -0.2) is 4.90 Å². The minimum atomic E-state index is -0.444. The fourth-order valence-electron chi connectivity index (χ4n) is 1.08. The molecule has 0 fully saturated rings. The van der Waals surface area contributed by atoms with Crippen LogP contribution < -0.4 is 4.90 Å². The van der Waals surface area contributed by atoms with Crippen LogP contribution in [0.4, 0.5) is 5.82 Å². The molecule has 1 aromatic rings. The number of rotatable bonds is 1. The zero-order valence-electron chi connectivity index (χ0n) is 7.21. The van der Waals surface area contributed by atoms with E-state index in [0.717, 1.165) is 4.90 Å². The Morgan fingerprint density at radius 3 is 2.21 bits per heavy atom. The first-order valence-electron chi connectivity index (χ1n) is 3.79. The van der Waals surface area contributed by atoms with Gasteiger partial charge in [-0.15, -0.1) is 10.2 Å². The molecule has 7 nitrogen and oxygen atoms in total. The minimum absolute atomic E-state index is 0.125. The van der Waals surface area contributed by atoms with Gasteiger partial charge in [0.05, 0.1) is 0 Å². The number of imide groups is 1. The maximum Gasteiger partial charge on any atom is 0.259 e. The lowest BCUT2D eigenvalue weighted by Crippen LogP contribution is -2.31. The van der Waals surface area contributed by atoms with Gasteiger partial charge in [-0.1, -0.05) is 0 Å². The Morgan fingerprint density at radius 1 is 1.07 bits per heavy atom. The number of hydrogen-bond acceptors (Lipinski definition) is 6. The van der Waals surface area contributed by atoms with Gasteiger partial charge in [0.1, 0.15) is 5.69 Å². The summed E-state index contributed by atoms with van der Waals surface area (Å²) in [6, 6.07) is 0. The molecule has 0 unspecified atom stereocenters. The van der Waals surface area contributed by atoms with Crippen molar-refractivity contribution in [2.75, 3.05) is 4.90 Å². The van der Waals surface area contributed by atoms with E-state index >= 15 is 0 Å². The van der Waals surface area contributed by atoms with Gasteiger partial charge in [-0.3, -0.25) is 9.59 Å². The molecular formula is C7H5N5O2. The van der Waals surface area contributed by atoms with Crippen molar-refractivity contribution in [3.63, 3.8) is 0 Å². The molecule has 0 aromatic carbocycles. The molecular weight excluding hydrogens is 186 g/mol. The molecule has 70 valence electrons. The lowest BCUT2D eigenvalue weighted by Gasteiger charge is -2.11. The van der Waals surface area contributed by atoms with Crippen LogP contribution in [0, 0.1) is 6.92 Å². The number of anilines is 1. The van der Waals surface area contributed by atoms with E-state index in [2.05, 4.69) is 20.6 Å². The molecule has 7 heteroatoms. The SMILES string of the molecule is Cc1nnnnc1N1C(=O)C=CC1=O. The molecule has 0 saturated heterocycles. The quantitative estimate of drug-likeness (QED) is 0.529. The predicted octanol–water partition coefficient (Wildman–Crippen LogP) is -0.996. The fourth-order valence-corrected chi connectivity index (χ4v) is 1.08. The van der Waals surface area contributed by atoms with Crippen LogP contribution in [0.25, 0.3) is 0 Å². The highest BCUT2D eigenvalue weighted by Gasteiger charge is 2.28. The molecule has 2 amide bonds. The molecule has 0 saturated carbocycles. The monoisotopic (exact) mass is 191 g/mol. The zero-order valence-corrected chi connectivity index (χ0v) is 7.21. The maximum absolute atomic E-state index is 11.2. The van der Waals surface area contributed by atoms with E-state index < -0.39 is 11.8 Å². The Kier molecular flexibility index (Phi) is 1.77. The van der Waals surface area contributed by atoms with Crippen LogP contribution >= 0.6 is 0 Å². The minimum Gasteiger partial charge on any atom is -0.269 e. The van der Waals surface area contributed by atoms with Crippen LogP contribution in [0.3, 0.4) is 0 Å². The third-order valence-corrected chi connectivity index (χ3v) is 1.72. The van der Waals surface area contributed by atoms with Crippen molar-refractivity contribution in [3.05, 3.63) is 17.8 Å². The number of amides is 2. The Labute approximate surface area is 78.4 Å². The molecule has 1 aromatic heterocycles. The van der Waals surface area contributed by atoms with Crippen molar-refractivity contribution in [2.45, 2.75) is 6.92 Å². The number of carbonyl (C=O) groups is 2. The average molecular weight is 191 g/mol. The first-order valence-corrected chi connectivity index (χ1v) is 3.79. The van der Waals surface area contributed by atoms with E-state index in [1.54, 1.807) is 6.92 Å². The lowest BCUT2D eigenvalue weighted by molar-refractivity contribution is -0.120. The molecule has 1 aliphatic heterocycles. The highest BCUT2D eigenvalue weighted by atomic mass is 16.2. The summed E-state index contributed by atoms with van der Waals surface area (Å²) in [7, 11) is 0. The van der Waals surface area contributed by atoms with Crippen LogP contribution in [0.15, 0.2) is 12.2 Å². The first kappa shape index (κ1) is 8.42. The van der Waals surface area contributed by atoms with Crippen molar-refractivity contribution in [1.29, 1.82) is 0 Å². The van der Waals surface area contributed by atoms with Crippen molar-refractivity contribution in [1.82, 2.24) is 20.6 Å². The van der Waals surface area contributed by atoms with E-state index in [9.17, 15) is 9.59 Å². The molecule has 1 aliphatic rings. The second-order valence-corrected chi connectivity index (χ2v) is 2.63. The first-order chi connectivity index (χ1) is 6.70. The topological polar surface area (TPSA) is 88.9 Å². The van der Waals surface area contributed by atoms with Crippen molar-refractivity contribution in [3.8, 4) is 0 Å². The van der Waals surface area contributed by atoms with Gasteiger partial charge in [0.25, 0.3) is 11.8 Å². The predicted molar refractivity (Wildman–Crippen MR) is 44.0 cm³/mol. The molecule has 0 N–H and O–H groups in total. The van der Waals surface area contributed by atoms with Gasteiger partial charge in [-0.05, 0) is 17.4 Å². The molecule has 2 rings (SSSR count). The summed E-state index contributed by atoms with van der Waals surface area (Å²) in [6.07, 6.45) is 2.34. The standard InChI is InChI=1S/C7H5N5O2/c1-4-7(9-11-10-8-4)12-5(13)2-3-6(12)14/h2-3H,1H3. The summed E-state index contributed by atoms with van der Waals surface area (Å²) in [5.41, 5.74) is 0.380. The second-order valence-electron chi connectivity index (χ2n) is 2.63. The van der Waals surface area contributed by atoms with Gasteiger partial charge in [-0.2, -0.15) is 0 Å². The summed E-state index contributed by atoms with van der Waals surface area (Å²) in [4.78, 5) is 23.4. The molecule has 0 atom stereocenters. The summed E-state index contributed by atoms with van der Waals surface area (Å²) in [5.74, 6) is -0.763. The number of hydrogen-bond donors (Lipinski definition) is 0. The van der Waals surface area contributed by atoms with Gasteiger partial charge in [0.15, 0.2) is 5.82 Å². The van der Waals surface area contributed by atoms with E-state index in [1.807, 2.05) is 0 Å². The highest BCUT2D eigenvalue weighted by Crippen LogP contribution is 2.16. The van der Waals surface area contributed by atoms with Crippen LogP contribution in [0.2, 0.25) is 0 Å². The second kappa shape index (κ2) is 2.95. The van der Waals surface area contributed by atoms with Crippen LogP contribution in [-0.4, -0.2) is 32.4 Å². The van der Waals surface area contributed by atoms with E-state index in [0.29, 0.717) is 5.69 Å². The summed E-state index contributed by atoms with van der Waals surface area (Å²) < 4.78 is 0. The number of aromatic nitrogens is 4.